The average molecular weight is 410 g/mol. The third kappa shape index (κ3) is 5.68. The molecule has 0 bridgehead atoms. The molecule has 1 atom stereocenters. The van der Waals surface area contributed by atoms with Gasteiger partial charge in [-0.05, 0) is 35.7 Å². The van der Waals surface area contributed by atoms with Crippen molar-refractivity contribution < 1.29 is 9.84 Å². The van der Waals surface area contributed by atoms with Crippen molar-refractivity contribution in [3.63, 3.8) is 0 Å². The maximum Gasteiger partial charge on any atom is 0.0949 e. The predicted molar refractivity (Wildman–Crippen MR) is 120 cm³/mol. The summed E-state index contributed by atoms with van der Waals surface area (Å²) >= 11 is 6.47. The first-order valence-electron chi connectivity index (χ1n) is 9.94. The van der Waals surface area contributed by atoms with E-state index in [4.69, 9.17) is 16.3 Å². The predicted octanol–water partition coefficient (Wildman–Crippen LogP) is 5.06. The van der Waals surface area contributed by atoms with Gasteiger partial charge in [0.25, 0.3) is 0 Å². The molecule has 0 aliphatic carbocycles. The molecule has 3 rings (SSSR count). The molecule has 0 radical (unpaired) electrons. The summed E-state index contributed by atoms with van der Waals surface area (Å²) in [6, 6.07) is 25.9. The van der Waals surface area contributed by atoms with E-state index in [-0.39, 0.29) is 0 Å². The first-order valence-corrected chi connectivity index (χ1v) is 10.3. The number of rotatable bonds is 10. The van der Waals surface area contributed by atoms with Gasteiger partial charge in [-0.15, -0.1) is 0 Å². The van der Waals surface area contributed by atoms with Crippen LogP contribution in [0.15, 0.2) is 78.9 Å². The molecule has 3 nitrogen and oxygen atoms in total. The van der Waals surface area contributed by atoms with Gasteiger partial charge in [0.05, 0.1) is 12.2 Å². The Kier molecular flexibility index (Phi) is 7.84. The van der Waals surface area contributed by atoms with E-state index >= 15 is 0 Å². The zero-order valence-corrected chi connectivity index (χ0v) is 17.5. The Labute approximate surface area is 178 Å². The summed E-state index contributed by atoms with van der Waals surface area (Å²) < 4.78 is 5.09. The SMILES string of the molecule is COCCNCCC(O)(Cc1ccccc1-c1ccccc1Cl)c1ccccc1. The zero-order valence-electron chi connectivity index (χ0n) is 16.8. The lowest BCUT2D eigenvalue weighted by molar-refractivity contribution is 0.0277. The molecule has 29 heavy (non-hydrogen) atoms. The van der Waals surface area contributed by atoms with E-state index in [0.29, 0.717) is 31.0 Å². The van der Waals surface area contributed by atoms with E-state index in [1.807, 2.05) is 66.7 Å². The fourth-order valence-corrected chi connectivity index (χ4v) is 3.85. The van der Waals surface area contributed by atoms with Crippen LogP contribution in [0, 0.1) is 0 Å². The van der Waals surface area contributed by atoms with Gasteiger partial charge in [-0.1, -0.05) is 84.4 Å². The molecule has 3 aromatic rings. The molecule has 0 saturated heterocycles. The Hall–Kier alpha value is -2.17. The highest BCUT2D eigenvalue weighted by Crippen LogP contribution is 2.35. The number of halogens is 1. The van der Waals surface area contributed by atoms with Crippen LogP contribution in [0.2, 0.25) is 5.02 Å². The van der Waals surface area contributed by atoms with Crippen LogP contribution in [0.5, 0.6) is 0 Å². The molecule has 0 saturated carbocycles. The molecule has 0 fully saturated rings. The van der Waals surface area contributed by atoms with Crippen molar-refractivity contribution in [2.75, 3.05) is 26.8 Å². The molecule has 152 valence electrons. The smallest absolute Gasteiger partial charge is 0.0949 e. The molecule has 0 amide bonds. The van der Waals surface area contributed by atoms with Crippen LogP contribution in [0.25, 0.3) is 11.1 Å². The number of nitrogens with one attached hydrogen (secondary N) is 1. The fraction of sp³-hybridized carbons (Fsp3) is 0.280. The second-order valence-electron chi connectivity index (χ2n) is 7.20. The summed E-state index contributed by atoms with van der Waals surface area (Å²) in [5.41, 5.74) is 3.04. The number of aliphatic hydroxyl groups is 1. The van der Waals surface area contributed by atoms with Gasteiger partial charge in [0.15, 0.2) is 0 Å². The lowest BCUT2D eigenvalue weighted by atomic mass is 9.82. The lowest BCUT2D eigenvalue weighted by Gasteiger charge is -2.30. The maximum absolute atomic E-state index is 11.7. The minimum Gasteiger partial charge on any atom is -0.385 e. The normalized spacial score (nSPS) is 13.2. The number of benzene rings is 3. The number of ether oxygens (including phenoxy) is 1. The summed E-state index contributed by atoms with van der Waals surface area (Å²) in [5, 5.41) is 15.8. The van der Waals surface area contributed by atoms with E-state index in [9.17, 15) is 5.11 Å². The van der Waals surface area contributed by atoms with E-state index < -0.39 is 5.60 Å². The Balaban J connectivity index is 1.90. The van der Waals surface area contributed by atoms with E-state index in [2.05, 4.69) is 17.4 Å². The molecule has 2 N–H and O–H groups in total. The molecule has 0 aromatic heterocycles. The Morgan fingerprint density at radius 1 is 0.862 bits per heavy atom. The molecule has 4 heteroatoms. The van der Waals surface area contributed by atoms with Crippen molar-refractivity contribution in [3.8, 4) is 11.1 Å². The molecule has 0 aliphatic heterocycles. The number of hydrogen-bond donors (Lipinski definition) is 2. The van der Waals surface area contributed by atoms with Crippen LogP contribution < -0.4 is 5.32 Å². The Bertz CT molecular complexity index is 900. The van der Waals surface area contributed by atoms with Gasteiger partial charge < -0.3 is 15.2 Å². The molecule has 3 aromatic carbocycles. The summed E-state index contributed by atoms with van der Waals surface area (Å²) in [6.07, 6.45) is 1.10. The second-order valence-corrected chi connectivity index (χ2v) is 7.61. The first-order chi connectivity index (χ1) is 14.1. The first kappa shape index (κ1) is 21.5. The van der Waals surface area contributed by atoms with Crippen LogP contribution in [-0.4, -0.2) is 31.9 Å². The summed E-state index contributed by atoms with van der Waals surface area (Å²) in [6.45, 7) is 2.11. The van der Waals surface area contributed by atoms with Gasteiger partial charge in [-0.3, -0.25) is 0 Å². The lowest BCUT2D eigenvalue weighted by Crippen LogP contribution is -2.34. The van der Waals surface area contributed by atoms with Crippen LogP contribution in [-0.2, 0) is 16.8 Å². The van der Waals surface area contributed by atoms with Gasteiger partial charge in [0.2, 0.25) is 0 Å². The van der Waals surface area contributed by atoms with Crippen LogP contribution in [0.1, 0.15) is 17.5 Å². The van der Waals surface area contributed by atoms with E-state index in [1.54, 1.807) is 7.11 Å². The molecule has 1 unspecified atom stereocenters. The van der Waals surface area contributed by atoms with Crippen molar-refractivity contribution >= 4 is 11.6 Å². The van der Waals surface area contributed by atoms with Gasteiger partial charge in [-0.2, -0.15) is 0 Å². The van der Waals surface area contributed by atoms with Crippen molar-refractivity contribution in [2.24, 2.45) is 0 Å². The molecule has 0 heterocycles. The zero-order chi connectivity index (χ0) is 20.5. The topological polar surface area (TPSA) is 41.5 Å². The molecular formula is C25H28ClNO2. The van der Waals surface area contributed by atoms with Gasteiger partial charge in [-0.25, -0.2) is 0 Å². The van der Waals surface area contributed by atoms with Gasteiger partial charge in [0.1, 0.15) is 0 Å². The van der Waals surface area contributed by atoms with E-state index in [1.165, 1.54) is 0 Å². The molecule has 0 spiro atoms. The number of hydrogen-bond acceptors (Lipinski definition) is 3. The highest BCUT2D eigenvalue weighted by molar-refractivity contribution is 6.33. The second kappa shape index (κ2) is 10.6. The van der Waals surface area contributed by atoms with Crippen molar-refractivity contribution in [1.29, 1.82) is 0 Å². The van der Waals surface area contributed by atoms with Gasteiger partial charge >= 0.3 is 0 Å². The third-order valence-electron chi connectivity index (χ3n) is 5.17. The van der Waals surface area contributed by atoms with Crippen LogP contribution in [0.3, 0.4) is 0 Å². The summed E-state index contributed by atoms with van der Waals surface area (Å²) in [4.78, 5) is 0. The fourth-order valence-electron chi connectivity index (χ4n) is 3.61. The Morgan fingerprint density at radius 2 is 1.52 bits per heavy atom. The maximum atomic E-state index is 11.7. The highest BCUT2D eigenvalue weighted by Gasteiger charge is 2.30. The number of methoxy groups -OCH3 is 1. The van der Waals surface area contributed by atoms with Crippen LogP contribution in [0.4, 0.5) is 0 Å². The van der Waals surface area contributed by atoms with Crippen molar-refractivity contribution in [1.82, 2.24) is 5.32 Å². The average Bonchev–Trinajstić information content (AvgIpc) is 2.75. The minimum atomic E-state index is -0.987. The van der Waals surface area contributed by atoms with Crippen molar-refractivity contribution in [3.05, 3.63) is 95.0 Å². The van der Waals surface area contributed by atoms with E-state index in [0.717, 1.165) is 28.8 Å². The van der Waals surface area contributed by atoms with Gasteiger partial charge in [0, 0.05) is 30.7 Å². The van der Waals surface area contributed by atoms with Crippen molar-refractivity contribution in [2.45, 2.75) is 18.4 Å². The molecule has 0 aliphatic rings. The third-order valence-corrected chi connectivity index (χ3v) is 5.50. The quantitative estimate of drug-likeness (QED) is 0.460. The minimum absolute atomic E-state index is 0.504. The largest absolute Gasteiger partial charge is 0.385 e. The monoisotopic (exact) mass is 409 g/mol. The highest BCUT2D eigenvalue weighted by atomic mass is 35.5. The summed E-state index contributed by atoms with van der Waals surface area (Å²) in [7, 11) is 1.69. The van der Waals surface area contributed by atoms with Crippen LogP contribution >= 0.6 is 11.6 Å². The molecular weight excluding hydrogens is 382 g/mol. The Morgan fingerprint density at radius 3 is 2.24 bits per heavy atom. The standard InChI is InChI=1S/C25H28ClNO2/c1-29-18-17-27-16-15-25(28,21-10-3-2-4-11-21)19-20-9-5-6-12-22(20)23-13-7-8-14-24(23)26/h2-14,27-28H,15-19H2,1H3. The summed E-state index contributed by atoms with van der Waals surface area (Å²) in [5.74, 6) is 0.